The lowest BCUT2D eigenvalue weighted by Gasteiger charge is -2.11. The summed E-state index contributed by atoms with van der Waals surface area (Å²) >= 11 is 6.43. The van der Waals surface area contributed by atoms with Gasteiger partial charge in [0.15, 0.2) is 0 Å². The maximum atomic E-state index is 12.0. The summed E-state index contributed by atoms with van der Waals surface area (Å²) in [5.74, 6) is 0. The van der Waals surface area contributed by atoms with Crippen LogP contribution in [0.4, 0.5) is 0 Å². The molecule has 0 spiro atoms. The van der Waals surface area contributed by atoms with Crippen LogP contribution in [0.5, 0.6) is 0 Å². The van der Waals surface area contributed by atoms with E-state index in [4.69, 9.17) is 18.0 Å². The topological polar surface area (TPSA) is 72.2 Å². The van der Waals surface area contributed by atoms with Crippen LogP contribution >= 0.6 is 24.0 Å². The third-order valence-corrected chi connectivity index (χ3v) is 5.13. The molecule has 0 saturated carbocycles. The molecule has 1 rings (SSSR count). The molecule has 0 heterocycles. The Morgan fingerprint density at radius 3 is 2.47 bits per heavy atom. The van der Waals surface area contributed by atoms with Crippen molar-refractivity contribution >= 4 is 39.0 Å². The number of benzene rings is 1. The van der Waals surface area contributed by atoms with Gasteiger partial charge in [-0.3, -0.25) is 0 Å². The fraction of sp³-hybridized carbons (Fsp3) is 0.417. The summed E-state index contributed by atoms with van der Waals surface area (Å²) in [4.78, 5) is 0.648. The molecule has 19 heavy (non-hydrogen) atoms. The second kappa shape index (κ2) is 7.23. The average Bonchev–Trinajstić information content (AvgIpc) is 2.36. The molecule has 7 heteroatoms. The molecule has 0 aliphatic rings. The van der Waals surface area contributed by atoms with Crippen molar-refractivity contribution in [1.82, 2.24) is 4.72 Å². The van der Waals surface area contributed by atoms with E-state index in [1.165, 1.54) is 0 Å². The van der Waals surface area contributed by atoms with Gasteiger partial charge < -0.3 is 5.73 Å². The Morgan fingerprint density at radius 1 is 1.42 bits per heavy atom. The molecule has 1 unspecified atom stereocenters. The van der Waals surface area contributed by atoms with Crippen LogP contribution in [0.15, 0.2) is 29.2 Å². The number of thioether (sulfide) groups is 1. The standard InChI is InChI=1S/C12H18N2O2S3/c1-9(18-2)8-14-19(15,16)11-5-3-10(4-6-11)7-12(13)17/h3-6,9,14H,7-8H2,1-2H3,(H2,13,17). The zero-order chi connectivity index (χ0) is 14.5. The zero-order valence-electron chi connectivity index (χ0n) is 10.9. The van der Waals surface area contributed by atoms with Crippen molar-refractivity contribution in [2.45, 2.75) is 23.5 Å². The van der Waals surface area contributed by atoms with E-state index in [1.807, 2.05) is 13.2 Å². The van der Waals surface area contributed by atoms with Crippen molar-refractivity contribution in [3.05, 3.63) is 29.8 Å². The van der Waals surface area contributed by atoms with E-state index >= 15 is 0 Å². The molecule has 0 bridgehead atoms. The highest BCUT2D eigenvalue weighted by Crippen LogP contribution is 2.12. The van der Waals surface area contributed by atoms with Crippen LogP contribution in [0, 0.1) is 0 Å². The Bertz CT molecular complexity index is 526. The van der Waals surface area contributed by atoms with Gasteiger partial charge in [0, 0.05) is 18.2 Å². The molecule has 3 N–H and O–H groups in total. The van der Waals surface area contributed by atoms with Gasteiger partial charge in [-0.25, -0.2) is 13.1 Å². The van der Waals surface area contributed by atoms with Gasteiger partial charge in [0.25, 0.3) is 0 Å². The molecule has 106 valence electrons. The molecule has 0 amide bonds. The van der Waals surface area contributed by atoms with Crippen molar-refractivity contribution in [2.24, 2.45) is 5.73 Å². The predicted molar refractivity (Wildman–Crippen MR) is 85.1 cm³/mol. The van der Waals surface area contributed by atoms with Gasteiger partial charge in [-0.1, -0.05) is 31.3 Å². The fourth-order valence-electron chi connectivity index (χ4n) is 1.38. The minimum absolute atomic E-state index is 0.240. The van der Waals surface area contributed by atoms with Gasteiger partial charge in [-0.05, 0) is 24.0 Å². The fourth-order valence-corrected chi connectivity index (χ4v) is 3.03. The highest BCUT2D eigenvalue weighted by atomic mass is 32.2. The van der Waals surface area contributed by atoms with Crippen molar-refractivity contribution < 1.29 is 8.42 Å². The minimum Gasteiger partial charge on any atom is -0.393 e. The Morgan fingerprint density at radius 2 is 2.00 bits per heavy atom. The van der Waals surface area contributed by atoms with Gasteiger partial charge in [0.05, 0.1) is 9.88 Å². The predicted octanol–water partition coefficient (Wildman–Crippen LogP) is 1.55. The van der Waals surface area contributed by atoms with Crippen LogP contribution < -0.4 is 10.5 Å². The number of sulfonamides is 1. The number of thiocarbonyl (C=S) groups is 1. The lowest BCUT2D eigenvalue weighted by molar-refractivity contribution is 0.581. The van der Waals surface area contributed by atoms with Crippen LogP contribution in [0.2, 0.25) is 0 Å². The van der Waals surface area contributed by atoms with E-state index in [1.54, 1.807) is 36.0 Å². The second-order valence-corrected chi connectivity index (χ2v) is 7.75. The molecular formula is C12H18N2O2S3. The van der Waals surface area contributed by atoms with E-state index in [2.05, 4.69) is 4.72 Å². The summed E-state index contributed by atoms with van der Waals surface area (Å²) in [7, 11) is -3.44. The largest absolute Gasteiger partial charge is 0.393 e. The van der Waals surface area contributed by atoms with Gasteiger partial charge >= 0.3 is 0 Å². The van der Waals surface area contributed by atoms with Crippen molar-refractivity contribution in [3.63, 3.8) is 0 Å². The summed E-state index contributed by atoms with van der Waals surface area (Å²) < 4.78 is 26.6. The molecule has 1 aromatic rings. The molecule has 0 aliphatic heterocycles. The van der Waals surface area contributed by atoms with E-state index in [-0.39, 0.29) is 10.1 Å². The molecule has 4 nitrogen and oxygen atoms in total. The Labute approximate surface area is 124 Å². The minimum atomic E-state index is -3.44. The lowest BCUT2D eigenvalue weighted by atomic mass is 10.1. The third kappa shape index (κ3) is 5.48. The maximum Gasteiger partial charge on any atom is 0.240 e. The zero-order valence-corrected chi connectivity index (χ0v) is 13.4. The highest BCUT2D eigenvalue weighted by Gasteiger charge is 2.14. The Hall–Kier alpha value is -0.630. The highest BCUT2D eigenvalue weighted by molar-refractivity contribution is 7.99. The van der Waals surface area contributed by atoms with Crippen molar-refractivity contribution in [1.29, 1.82) is 0 Å². The van der Waals surface area contributed by atoms with E-state index in [9.17, 15) is 8.42 Å². The van der Waals surface area contributed by atoms with Crippen LogP contribution in [0.1, 0.15) is 12.5 Å². The molecular weight excluding hydrogens is 300 g/mol. The number of nitrogens with two attached hydrogens (primary N) is 1. The van der Waals surface area contributed by atoms with E-state index in [0.717, 1.165) is 5.56 Å². The van der Waals surface area contributed by atoms with Gasteiger partial charge in [0.2, 0.25) is 10.0 Å². The first-order valence-electron chi connectivity index (χ1n) is 5.75. The summed E-state index contributed by atoms with van der Waals surface area (Å²) in [6, 6.07) is 6.59. The number of hydrogen-bond donors (Lipinski definition) is 2. The normalized spacial score (nSPS) is 13.2. The molecule has 1 atom stereocenters. The Kier molecular flexibility index (Phi) is 6.25. The van der Waals surface area contributed by atoms with Crippen LogP contribution in [0.3, 0.4) is 0 Å². The van der Waals surface area contributed by atoms with Crippen LogP contribution in [0.25, 0.3) is 0 Å². The first-order chi connectivity index (χ1) is 8.85. The number of rotatable bonds is 7. The van der Waals surface area contributed by atoms with Crippen LogP contribution in [-0.2, 0) is 16.4 Å². The summed E-state index contributed by atoms with van der Waals surface area (Å²) in [6.07, 6.45) is 2.43. The third-order valence-electron chi connectivity index (χ3n) is 2.58. The maximum absolute atomic E-state index is 12.0. The SMILES string of the molecule is CSC(C)CNS(=O)(=O)c1ccc(CC(N)=S)cc1. The number of nitrogens with one attached hydrogen (secondary N) is 1. The molecule has 1 aromatic carbocycles. The quantitative estimate of drug-likeness (QED) is 0.746. The van der Waals surface area contributed by atoms with E-state index in [0.29, 0.717) is 18.0 Å². The summed E-state index contributed by atoms with van der Waals surface area (Å²) in [5.41, 5.74) is 6.35. The first-order valence-corrected chi connectivity index (χ1v) is 8.93. The molecule has 0 aromatic heterocycles. The smallest absolute Gasteiger partial charge is 0.240 e. The van der Waals surface area contributed by atoms with Gasteiger partial charge in [-0.2, -0.15) is 11.8 Å². The molecule has 0 fully saturated rings. The Balaban J connectivity index is 2.76. The summed E-state index contributed by atoms with van der Waals surface area (Å²) in [5, 5.41) is 0.240. The first kappa shape index (κ1) is 16.4. The average molecular weight is 318 g/mol. The second-order valence-electron chi connectivity index (χ2n) is 4.19. The number of hydrogen-bond acceptors (Lipinski definition) is 4. The van der Waals surface area contributed by atoms with Gasteiger partial charge in [0.1, 0.15) is 0 Å². The monoisotopic (exact) mass is 318 g/mol. The van der Waals surface area contributed by atoms with E-state index < -0.39 is 10.0 Å². The molecule has 0 aliphatic carbocycles. The summed E-state index contributed by atoms with van der Waals surface area (Å²) in [6.45, 7) is 2.39. The molecule has 0 radical (unpaired) electrons. The molecule has 0 saturated heterocycles. The lowest BCUT2D eigenvalue weighted by Crippen LogP contribution is -2.29. The van der Waals surface area contributed by atoms with Crippen molar-refractivity contribution in [2.75, 3.05) is 12.8 Å². The van der Waals surface area contributed by atoms with Gasteiger partial charge in [-0.15, -0.1) is 0 Å². The van der Waals surface area contributed by atoms with Crippen molar-refractivity contribution in [3.8, 4) is 0 Å². The van der Waals surface area contributed by atoms with Crippen LogP contribution in [-0.4, -0.2) is 31.5 Å².